The molecule has 4 atom stereocenters. The molecular weight excluding hydrogens is 937 g/mol. The number of amides is 9. The van der Waals surface area contributed by atoms with Gasteiger partial charge in [0.15, 0.2) is 0 Å². The van der Waals surface area contributed by atoms with E-state index in [4.69, 9.17) is 14.6 Å². The number of benzene rings is 4. The first-order chi connectivity index (χ1) is 34.3. The molecule has 0 aromatic heterocycles. The third-order valence-corrected chi connectivity index (χ3v) is 13.8. The van der Waals surface area contributed by atoms with Crippen LogP contribution in [0.2, 0.25) is 0 Å². The highest BCUT2D eigenvalue weighted by molar-refractivity contribution is 6.07. The first-order valence-electron chi connectivity index (χ1n) is 24.0. The van der Waals surface area contributed by atoms with E-state index < -0.39 is 47.7 Å². The van der Waals surface area contributed by atoms with E-state index in [0.717, 1.165) is 40.9 Å². The number of fused-ring (bicyclic) bond motifs is 4. The Bertz CT molecular complexity index is 2700. The van der Waals surface area contributed by atoms with Crippen LogP contribution in [0.25, 0.3) is 0 Å². The third-order valence-electron chi connectivity index (χ3n) is 13.8. The molecule has 19 heteroatoms. The van der Waals surface area contributed by atoms with Crippen molar-refractivity contribution in [2.75, 3.05) is 50.9 Å². The van der Waals surface area contributed by atoms with Crippen molar-refractivity contribution in [2.45, 2.75) is 102 Å². The highest BCUT2D eigenvalue weighted by Gasteiger charge is 2.59. The molecule has 4 heterocycles. The van der Waals surface area contributed by atoms with E-state index in [2.05, 4.69) is 56.9 Å². The van der Waals surface area contributed by atoms with Gasteiger partial charge in [-0.15, -0.1) is 0 Å². The van der Waals surface area contributed by atoms with E-state index in [1.807, 2.05) is 30.3 Å². The van der Waals surface area contributed by atoms with Gasteiger partial charge in [-0.2, -0.15) is 0 Å². The van der Waals surface area contributed by atoms with Gasteiger partial charge in [-0.05, 0) is 98.0 Å². The number of nitrogens with one attached hydrogen (secondary N) is 5. The fourth-order valence-electron chi connectivity index (χ4n) is 10.3. The van der Waals surface area contributed by atoms with Gasteiger partial charge in [0.1, 0.15) is 13.1 Å². The highest BCUT2D eigenvalue weighted by Crippen LogP contribution is 2.47. The van der Waals surface area contributed by atoms with Crippen molar-refractivity contribution in [3.8, 4) is 0 Å². The van der Waals surface area contributed by atoms with Gasteiger partial charge in [-0.1, -0.05) is 94.1 Å². The molecule has 6 N–H and O–H groups in total. The summed E-state index contributed by atoms with van der Waals surface area (Å²) in [4.78, 5) is 101. The summed E-state index contributed by atoms with van der Waals surface area (Å²) < 4.78 is 10.9. The van der Waals surface area contributed by atoms with Crippen LogP contribution in [0.3, 0.4) is 0 Å². The topological polar surface area (TPSA) is 245 Å². The van der Waals surface area contributed by atoms with Crippen LogP contribution >= 0.6 is 0 Å². The normalized spacial score (nSPS) is 22.2. The van der Waals surface area contributed by atoms with E-state index in [1.54, 1.807) is 41.3 Å². The van der Waals surface area contributed by atoms with Crippen LogP contribution in [0.4, 0.5) is 30.6 Å². The SMILES string of the molecule is C.C.CNC(=O)Nc1ccc2c(c1)CC[C@@]21OC(=O)N(CC(=O)N2CCCCC2c2ccccc2)C1=O.CNC(=O)Nc1ccc2c(c1)CC[C@@]21OC(=O)N(CC(=O)O)C1=O.c1ccc(C2CCCCN2)cc1. The lowest BCUT2D eigenvalue weighted by Crippen LogP contribution is -2.47. The number of hydrogen-bond donors (Lipinski definition) is 6. The van der Waals surface area contributed by atoms with Crippen molar-refractivity contribution in [2.24, 2.45) is 0 Å². The molecule has 4 fully saturated rings. The van der Waals surface area contributed by atoms with Gasteiger partial charge < -0.3 is 46.1 Å². The molecule has 10 rings (SSSR count). The summed E-state index contributed by atoms with van der Waals surface area (Å²) in [5.41, 5.74) is 3.47. The number of hydrogen-bond acceptors (Lipinski definition) is 11. The molecule has 388 valence electrons. The lowest BCUT2D eigenvalue weighted by Gasteiger charge is -2.36. The average molecular weight is 1000 g/mol. The molecule has 2 unspecified atom stereocenters. The predicted molar refractivity (Wildman–Crippen MR) is 272 cm³/mol. The summed E-state index contributed by atoms with van der Waals surface area (Å²) >= 11 is 0. The average Bonchev–Trinajstić information content (AvgIpc) is 4.09. The van der Waals surface area contributed by atoms with Crippen LogP contribution in [0.15, 0.2) is 97.1 Å². The molecule has 0 saturated carbocycles. The number of carboxylic acids is 1. The quantitative estimate of drug-likeness (QED) is 0.0994. The summed E-state index contributed by atoms with van der Waals surface area (Å²) in [6.45, 7) is 0.698. The Morgan fingerprint density at radius 1 is 0.644 bits per heavy atom. The van der Waals surface area contributed by atoms with Crippen LogP contribution in [0.5, 0.6) is 0 Å². The largest absolute Gasteiger partial charge is 0.480 e. The van der Waals surface area contributed by atoms with Gasteiger partial charge >= 0.3 is 30.2 Å². The maximum Gasteiger partial charge on any atom is 0.418 e. The van der Waals surface area contributed by atoms with Crippen molar-refractivity contribution in [1.29, 1.82) is 0 Å². The number of likely N-dealkylation sites (tertiary alicyclic amines) is 1. The van der Waals surface area contributed by atoms with Gasteiger partial charge in [0.25, 0.3) is 11.8 Å². The molecule has 6 aliphatic rings. The summed E-state index contributed by atoms with van der Waals surface area (Å²) in [6.07, 6.45) is 6.53. The Kier molecular flexibility index (Phi) is 17.6. The van der Waals surface area contributed by atoms with Crippen LogP contribution in [-0.4, -0.2) is 108 Å². The zero-order chi connectivity index (χ0) is 50.3. The van der Waals surface area contributed by atoms with Crippen LogP contribution in [0, 0.1) is 0 Å². The van der Waals surface area contributed by atoms with Crippen LogP contribution < -0.4 is 26.6 Å². The molecule has 4 aromatic carbocycles. The number of piperidine rings is 2. The third kappa shape index (κ3) is 11.5. The van der Waals surface area contributed by atoms with Crippen molar-refractivity contribution in [1.82, 2.24) is 30.7 Å². The molecule has 0 radical (unpaired) electrons. The lowest BCUT2D eigenvalue weighted by atomic mass is 9.94. The van der Waals surface area contributed by atoms with Gasteiger partial charge in [-0.3, -0.25) is 19.2 Å². The number of aliphatic carboxylic acids is 1. The molecule has 4 saturated heterocycles. The Labute approximate surface area is 425 Å². The molecule has 4 aromatic rings. The first kappa shape index (κ1) is 54.5. The number of nitrogens with zero attached hydrogens (tertiary/aromatic N) is 3. The number of urea groups is 2. The second-order valence-corrected chi connectivity index (χ2v) is 18.1. The summed E-state index contributed by atoms with van der Waals surface area (Å²) in [5, 5.41) is 22.6. The maximum absolute atomic E-state index is 13.5. The first-order valence-corrected chi connectivity index (χ1v) is 24.0. The number of carbonyl (C=O) groups is 8. The summed E-state index contributed by atoms with van der Waals surface area (Å²) in [7, 11) is 3.02. The highest BCUT2D eigenvalue weighted by atomic mass is 16.6. The van der Waals surface area contributed by atoms with Gasteiger partial charge in [0, 0.05) is 62.0 Å². The van der Waals surface area contributed by atoms with Gasteiger partial charge in [-0.25, -0.2) is 29.0 Å². The molecular formula is C54H66N8O11. The zero-order valence-corrected chi connectivity index (χ0v) is 39.7. The fourth-order valence-corrected chi connectivity index (χ4v) is 10.3. The van der Waals surface area contributed by atoms with Crippen molar-refractivity contribution < 1.29 is 52.9 Å². The number of ether oxygens (including phenoxy) is 2. The Morgan fingerprint density at radius 2 is 1.14 bits per heavy atom. The predicted octanol–water partition coefficient (Wildman–Crippen LogP) is 7.73. The van der Waals surface area contributed by atoms with E-state index in [-0.39, 0.29) is 51.8 Å². The Hall–Kier alpha value is -7.80. The molecule has 9 amide bonds. The van der Waals surface area contributed by atoms with Gasteiger partial charge in [0.2, 0.25) is 17.1 Å². The van der Waals surface area contributed by atoms with Crippen molar-refractivity contribution in [3.63, 3.8) is 0 Å². The molecule has 0 bridgehead atoms. The maximum atomic E-state index is 13.5. The summed E-state index contributed by atoms with van der Waals surface area (Å²) in [5.74, 6) is -2.72. The Morgan fingerprint density at radius 3 is 1.62 bits per heavy atom. The minimum Gasteiger partial charge on any atom is -0.480 e. The number of rotatable bonds is 8. The summed E-state index contributed by atoms with van der Waals surface area (Å²) in [6, 6.07) is 30.5. The van der Waals surface area contributed by atoms with Crippen LogP contribution in [0.1, 0.15) is 112 Å². The standard InChI is InChI=1S/C26H28N4O5.C15H15N3O6.C11H15N.2CH4/c1-27-24(33)28-19-10-11-20-18(15-19)12-13-26(20)23(32)30(25(34)35-26)16-22(31)29-14-6-5-9-21(29)17-7-3-2-4-8-17;1-16-13(22)17-9-2-3-10-8(6-9)4-5-15(10)12(21)18(7-11(19)20)14(23)24-15;1-2-6-10(7-3-1)11-8-4-5-9-12-11;;/h2-4,7-8,10-11,15,21H,5-6,9,12-14,16H2,1H3,(H2,27,28,33);2-3,6H,4-5,7H2,1H3,(H,19,20)(H2,16,17,22);1-3,6-7,11-12H,4-5,8-9H2;2*1H4/t21?,26-;15-;;;/m11.../s1. The molecule has 4 aliphatic heterocycles. The zero-order valence-electron chi connectivity index (χ0n) is 39.7. The second-order valence-electron chi connectivity index (χ2n) is 18.1. The van der Waals surface area contributed by atoms with E-state index in [1.165, 1.54) is 45.5 Å². The monoisotopic (exact) mass is 1000 g/mol. The van der Waals surface area contributed by atoms with E-state index in [9.17, 15) is 38.4 Å². The van der Waals surface area contributed by atoms with Crippen LogP contribution in [-0.2, 0) is 52.7 Å². The van der Waals surface area contributed by atoms with Crippen molar-refractivity contribution >= 4 is 59.3 Å². The smallest absolute Gasteiger partial charge is 0.418 e. The molecule has 2 spiro atoms. The lowest BCUT2D eigenvalue weighted by molar-refractivity contribution is -0.144. The van der Waals surface area contributed by atoms with E-state index >= 15 is 0 Å². The van der Waals surface area contributed by atoms with Gasteiger partial charge in [0.05, 0.1) is 6.04 Å². The van der Waals surface area contributed by atoms with E-state index in [0.29, 0.717) is 59.3 Å². The number of imide groups is 2. The molecule has 19 nitrogen and oxygen atoms in total. The fraction of sp³-hybridized carbons (Fsp3) is 0.407. The second kappa shape index (κ2) is 23.6. The number of anilines is 2. The minimum absolute atomic E-state index is 0. The van der Waals surface area contributed by atoms with Crippen molar-refractivity contribution in [3.05, 3.63) is 130 Å². The number of carboxylic acid groups (broad SMARTS) is 1. The number of carbonyl (C=O) groups excluding carboxylic acids is 7. The molecule has 2 aliphatic carbocycles. The number of aryl methyl sites for hydroxylation is 2. The Balaban J connectivity index is 0.000000197. The molecule has 73 heavy (non-hydrogen) atoms. The minimum atomic E-state index is -1.46.